The lowest BCUT2D eigenvalue weighted by atomic mass is 10.2. The molecule has 2 aromatic rings. The number of aromatic amines is 1. The van der Waals surface area contributed by atoms with Crippen molar-refractivity contribution < 1.29 is 9.53 Å². The van der Waals surface area contributed by atoms with E-state index in [0.717, 1.165) is 18.4 Å². The topological polar surface area (TPSA) is 110 Å². The third kappa shape index (κ3) is 5.49. The molecule has 1 aromatic heterocycles. The highest BCUT2D eigenvalue weighted by Gasteiger charge is 2.25. The quantitative estimate of drug-likeness (QED) is 0.669. The number of unbranched alkanes of at least 4 members (excludes halogenated alkanes) is 1. The average Bonchev–Trinajstić information content (AvgIpc) is 2.65. The molecule has 1 aromatic carbocycles. The molecule has 158 valence electrons. The summed E-state index contributed by atoms with van der Waals surface area (Å²) in [6.07, 6.45) is 1.59. The predicted octanol–water partition coefficient (Wildman–Crippen LogP) is 2.30. The Morgan fingerprint density at radius 3 is 2.59 bits per heavy atom. The molecule has 8 heteroatoms. The van der Waals surface area contributed by atoms with Crippen molar-refractivity contribution in [1.29, 1.82) is 0 Å². The van der Waals surface area contributed by atoms with Gasteiger partial charge in [0.2, 0.25) is 0 Å². The Morgan fingerprint density at radius 2 is 1.97 bits per heavy atom. The number of aromatic nitrogens is 2. The fourth-order valence-corrected chi connectivity index (χ4v) is 3.00. The van der Waals surface area contributed by atoms with Crippen molar-refractivity contribution in [3.05, 3.63) is 50.7 Å². The Labute approximate surface area is 170 Å². The van der Waals surface area contributed by atoms with E-state index in [1.165, 1.54) is 9.47 Å². The second kappa shape index (κ2) is 9.95. The van der Waals surface area contributed by atoms with E-state index in [2.05, 4.69) is 4.98 Å². The second-order valence-corrected chi connectivity index (χ2v) is 7.45. The highest BCUT2D eigenvalue weighted by molar-refractivity contribution is 5.96. The van der Waals surface area contributed by atoms with Crippen molar-refractivity contribution in [2.24, 2.45) is 5.92 Å². The molecule has 0 spiro atoms. The molecule has 0 unspecified atom stereocenters. The number of ether oxygens (including phenoxy) is 1. The summed E-state index contributed by atoms with van der Waals surface area (Å²) in [5, 5.41) is 0. The fourth-order valence-electron chi connectivity index (χ4n) is 3.00. The summed E-state index contributed by atoms with van der Waals surface area (Å²) >= 11 is 0. The Morgan fingerprint density at radius 1 is 1.28 bits per heavy atom. The van der Waals surface area contributed by atoms with Gasteiger partial charge in [-0.05, 0) is 30.9 Å². The van der Waals surface area contributed by atoms with E-state index in [9.17, 15) is 14.4 Å². The molecule has 0 fully saturated rings. The number of anilines is 2. The van der Waals surface area contributed by atoms with E-state index >= 15 is 0 Å². The minimum absolute atomic E-state index is 0.00269. The van der Waals surface area contributed by atoms with Crippen molar-refractivity contribution in [2.45, 2.75) is 47.1 Å². The number of carbonyl (C=O) groups excluding carboxylic acids is 1. The van der Waals surface area contributed by atoms with Gasteiger partial charge in [0.25, 0.3) is 11.5 Å². The molecule has 0 saturated carbocycles. The molecule has 0 radical (unpaired) electrons. The van der Waals surface area contributed by atoms with Gasteiger partial charge < -0.3 is 15.4 Å². The summed E-state index contributed by atoms with van der Waals surface area (Å²) in [6.45, 7) is 8.14. The van der Waals surface area contributed by atoms with Crippen LogP contribution in [0.15, 0.2) is 33.9 Å². The zero-order chi connectivity index (χ0) is 21.6. The molecule has 0 aliphatic rings. The molecule has 0 aliphatic heterocycles. The zero-order valence-electron chi connectivity index (χ0n) is 17.5. The van der Waals surface area contributed by atoms with Gasteiger partial charge in [0.05, 0.1) is 0 Å². The summed E-state index contributed by atoms with van der Waals surface area (Å²) in [4.78, 5) is 41.3. The van der Waals surface area contributed by atoms with Crippen LogP contribution in [0.4, 0.5) is 11.5 Å². The number of amides is 1. The van der Waals surface area contributed by atoms with Crippen LogP contribution in [0.25, 0.3) is 0 Å². The summed E-state index contributed by atoms with van der Waals surface area (Å²) in [5.41, 5.74) is 5.83. The van der Waals surface area contributed by atoms with Gasteiger partial charge in [0, 0.05) is 13.1 Å². The molecule has 3 N–H and O–H groups in total. The molecule has 2 rings (SSSR count). The van der Waals surface area contributed by atoms with Gasteiger partial charge >= 0.3 is 5.69 Å². The first kappa shape index (κ1) is 22.3. The molecule has 1 amide bonds. The van der Waals surface area contributed by atoms with E-state index in [-0.39, 0.29) is 30.6 Å². The van der Waals surface area contributed by atoms with Crippen LogP contribution in [0.2, 0.25) is 0 Å². The highest BCUT2D eigenvalue weighted by Crippen LogP contribution is 2.20. The maximum Gasteiger partial charge on any atom is 0.330 e. The standard InChI is InChI=1S/C21H30N4O4/c1-5-6-11-24-19(22)18(20(27)23-21(24)28)25(12-14(2)3)17(26)13-29-16-10-8-7-9-15(16)4/h7-10,14H,5-6,11-13,22H2,1-4H3,(H,23,27,28). The first-order valence-corrected chi connectivity index (χ1v) is 9.87. The maximum absolute atomic E-state index is 13.0. The number of nitrogens with zero attached hydrogens (tertiary/aromatic N) is 2. The summed E-state index contributed by atoms with van der Waals surface area (Å²) in [6, 6.07) is 7.37. The minimum Gasteiger partial charge on any atom is -0.483 e. The number of rotatable bonds is 9. The highest BCUT2D eigenvalue weighted by atomic mass is 16.5. The number of carbonyl (C=O) groups is 1. The Bertz CT molecular complexity index is 962. The van der Waals surface area contributed by atoms with E-state index < -0.39 is 17.2 Å². The van der Waals surface area contributed by atoms with E-state index in [1.807, 2.05) is 45.9 Å². The lowest BCUT2D eigenvalue weighted by Gasteiger charge is -2.26. The van der Waals surface area contributed by atoms with Crippen LogP contribution in [0.1, 0.15) is 39.2 Å². The number of H-pyrrole nitrogens is 1. The number of hydrogen-bond acceptors (Lipinski definition) is 5. The van der Waals surface area contributed by atoms with Gasteiger partial charge in [-0.15, -0.1) is 0 Å². The van der Waals surface area contributed by atoms with Crippen LogP contribution in [0, 0.1) is 12.8 Å². The van der Waals surface area contributed by atoms with Crippen molar-refractivity contribution in [3.8, 4) is 5.75 Å². The van der Waals surface area contributed by atoms with Crippen LogP contribution >= 0.6 is 0 Å². The monoisotopic (exact) mass is 402 g/mol. The number of nitrogens with two attached hydrogens (primary N) is 1. The lowest BCUT2D eigenvalue weighted by molar-refractivity contribution is -0.120. The largest absolute Gasteiger partial charge is 0.483 e. The number of hydrogen-bond donors (Lipinski definition) is 2. The normalized spacial score (nSPS) is 10.9. The molecule has 8 nitrogen and oxygen atoms in total. The average molecular weight is 402 g/mol. The van der Waals surface area contributed by atoms with Gasteiger partial charge in [0.1, 0.15) is 11.6 Å². The number of aryl methyl sites for hydroxylation is 1. The predicted molar refractivity (Wildman–Crippen MR) is 115 cm³/mol. The van der Waals surface area contributed by atoms with Crippen molar-refractivity contribution >= 4 is 17.4 Å². The minimum atomic E-state index is -0.676. The number of nitrogen functional groups attached to an aromatic ring is 1. The molecular formula is C21H30N4O4. The van der Waals surface area contributed by atoms with Crippen molar-refractivity contribution in [2.75, 3.05) is 23.8 Å². The first-order chi connectivity index (χ1) is 13.8. The van der Waals surface area contributed by atoms with Crippen LogP contribution < -0.4 is 26.6 Å². The Balaban J connectivity index is 2.39. The van der Waals surface area contributed by atoms with Crippen LogP contribution in [-0.2, 0) is 11.3 Å². The van der Waals surface area contributed by atoms with Gasteiger partial charge in [-0.1, -0.05) is 45.4 Å². The smallest absolute Gasteiger partial charge is 0.330 e. The lowest BCUT2D eigenvalue weighted by Crippen LogP contribution is -2.44. The van der Waals surface area contributed by atoms with E-state index in [4.69, 9.17) is 10.5 Å². The van der Waals surface area contributed by atoms with Crippen LogP contribution in [0.5, 0.6) is 5.75 Å². The molecule has 0 atom stereocenters. The van der Waals surface area contributed by atoms with Crippen LogP contribution in [-0.4, -0.2) is 28.6 Å². The Hall–Kier alpha value is -3.03. The molecule has 1 heterocycles. The summed E-state index contributed by atoms with van der Waals surface area (Å²) < 4.78 is 6.98. The first-order valence-electron chi connectivity index (χ1n) is 9.87. The van der Waals surface area contributed by atoms with Gasteiger partial charge in [-0.3, -0.25) is 19.1 Å². The number of nitrogens with one attached hydrogen (secondary N) is 1. The fraction of sp³-hybridized carbons (Fsp3) is 0.476. The molecule has 0 saturated heterocycles. The molecule has 0 aliphatic carbocycles. The van der Waals surface area contributed by atoms with E-state index in [0.29, 0.717) is 12.3 Å². The maximum atomic E-state index is 13.0. The van der Waals surface area contributed by atoms with Gasteiger partial charge in [-0.2, -0.15) is 0 Å². The van der Waals surface area contributed by atoms with Gasteiger partial charge in [-0.25, -0.2) is 4.79 Å². The van der Waals surface area contributed by atoms with Crippen molar-refractivity contribution in [1.82, 2.24) is 9.55 Å². The third-order valence-electron chi connectivity index (χ3n) is 4.51. The Kier molecular flexibility index (Phi) is 7.64. The molecule has 0 bridgehead atoms. The van der Waals surface area contributed by atoms with E-state index in [1.54, 1.807) is 6.07 Å². The van der Waals surface area contributed by atoms with Crippen molar-refractivity contribution in [3.63, 3.8) is 0 Å². The molecular weight excluding hydrogens is 372 g/mol. The SMILES string of the molecule is CCCCn1c(N)c(N(CC(C)C)C(=O)COc2ccccc2C)c(=O)[nH]c1=O. The van der Waals surface area contributed by atoms with Crippen LogP contribution in [0.3, 0.4) is 0 Å². The second-order valence-electron chi connectivity index (χ2n) is 7.45. The summed E-state index contributed by atoms with van der Waals surface area (Å²) in [5.74, 6) is 0.268. The van der Waals surface area contributed by atoms with Gasteiger partial charge in [0.15, 0.2) is 12.3 Å². The third-order valence-corrected chi connectivity index (χ3v) is 4.51. The molecule has 29 heavy (non-hydrogen) atoms. The summed E-state index contributed by atoms with van der Waals surface area (Å²) in [7, 11) is 0. The zero-order valence-corrected chi connectivity index (χ0v) is 17.5. The number of para-hydroxylation sites is 1. The number of benzene rings is 1.